The zero-order valence-corrected chi connectivity index (χ0v) is 16.4. The van der Waals surface area contributed by atoms with Crippen LogP contribution in [-0.4, -0.2) is 24.5 Å². The highest BCUT2D eigenvalue weighted by Gasteiger charge is 2.16. The lowest BCUT2D eigenvalue weighted by molar-refractivity contribution is -0.123. The van der Waals surface area contributed by atoms with Crippen LogP contribution in [0.3, 0.4) is 0 Å². The SMILES string of the molecule is CC(C)NC(=O)COc1cc2ccccc2cc1C(=O)NCc1ccc(F)cc1. The zero-order chi connectivity index (χ0) is 20.8. The topological polar surface area (TPSA) is 67.4 Å². The third kappa shape index (κ3) is 5.54. The number of ether oxygens (including phenoxy) is 1. The quantitative estimate of drug-likeness (QED) is 0.640. The average Bonchev–Trinajstić information content (AvgIpc) is 2.70. The predicted molar refractivity (Wildman–Crippen MR) is 110 cm³/mol. The minimum absolute atomic E-state index is 0.00109. The maximum absolute atomic E-state index is 13.0. The van der Waals surface area contributed by atoms with E-state index in [4.69, 9.17) is 4.74 Å². The first-order valence-electron chi connectivity index (χ1n) is 9.40. The third-order valence-electron chi connectivity index (χ3n) is 4.27. The van der Waals surface area contributed by atoms with Gasteiger partial charge in [0.05, 0.1) is 5.56 Å². The molecule has 0 heterocycles. The number of carbonyl (C=O) groups excluding carboxylic acids is 2. The van der Waals surface area contributed by atoms with E-state index in [-0.39, 0.29) is 36.8 Å². The summed E-state index contributed by atoms with van der Waals surface area (Å²) < 4.78 is 18.7. The second-order valence-electron chi connectivity index (χ2n) is 7.02. The number of hydrogen-bond donors (Lipinski definition) is 2. The van der Waals surface area contributed by atoms with Crippen LogP contribution in [0.4, 0.5) is 4.39 Å². The number of hydrogen-bond acceptors (Lipinski definition) is 3. The zero-order valence-electron chi connectivity index (χ0n) is 16.4. The summed E-state index contributed by atoms with van der Waals surface area (Å²) in [4.78, 5) is 24.7. The van der Waals surface area contributed by atoms with Gasteiger partial charge in [0.15, 0.2) is 6.61 Å². The largest absolute Gasteiger partial charge is 0.483 e. The highest BCUT2D eigenvalue weighted by molar-refractivity contribution is 6.01. The van der Waals surface area contributed by atoms with E-state index in [2.05, 4.69) is 10.6 Å². The van der Waals surface area contributed by atoms with Crippen LogP contribution < -0.4 is 15.4 Å². The van der Waals surface area contributed by atoms with E-state index in [1.54, 1.807) is 24.3 Å². The first-order valence-corrected chi connectivity index (χ1v) is 9.40. The van der Waals surface area contributed by atoms with Gasteiger partial charge in [-0.1, -0.05) is 36.4 Å². The minimum Gasteiger partial charge on any atom is -0.483 e. The Morgan fingerprint density at radius 2 is 1.66 bits per heavy atom. The van der Waals surface area contributed by atoms with Gasteiger partial charge in [0, 0.05) is 12.6 Å². The summed E-state index contributed by atoms with van der Waals surface area (Å²) in [6, 6.07) is 17.0. The molecule has 0 aliphatic rings. The van der Waals surface area contributed by atoms with Crippen molar-refractivity contribution in [1.29, 1.82) is 0 Å². The van der Waals surface area contributed by atoms with Crippen molar-refractivity contribution in [2.24, 2.45) is 0 Å². The number of rotatable bonds is 7. The molecule has 3 rings (SSSR count). The smallest absolute Gasteiger partial charge is 0.258 e. The Hall–Kier alpha value is -3.41. The van der Waals surface area contributed by atoms with Crippen LogP contribution in [0.15, 0.2) is 60.7 Å². The van der Waals surface area contributed by atoms with Gasteiger partial charge in [-0.05, 0) is 54.4 Å². The van der Waals surface area contributed by atoms with Crippen LogP contribution in [0, 0.1) is 5.82 Å². The number of fused-ring (bicyclic) bond motifs is 1. The molecule has 0 atom stereocenters. The normalized spacial score (nSPS) is 10.8. The molecule has 29 heavy (non-hydrogen) atoms. The number of carbonyl (C=O) groups is 2. The highest BCUT2D eigenvalue weighted by Crippen LogP contribution is 2.26. The van der Waals surface area contributed by atoms with Gasteiger partial charge in [0.1, 0.15) is 11.6 Å². The fourth-order valence-electron chi connectivity index (χ4n) is 2.90. The van der Waals surface area contributed by atoms with Gasteiger partial charge >= 0.3 is 0 Å². The van der Waals surface area contributed by atoms with Crippen molar-refractivity contribution in [2.45, 2.75) is 26.4 Å². The van der Waals surface area contributed by atoms with Gasteiger partial charge < -0.3 is 15.4 Å². The molecule has 0 aliphatic heterocycles. The lowest BCUT2D eigenvalue weighted by atomic mass is 10.1. The first-order chi connectivity index (χ1) is 13.9. The molecule has 0 fully saturated rings. The van der Waals surface area contributed by atoms with Crippen LogP contribution in [0.2, 0.25) is 0 Å². The van der Waals surface area contributed by atoms with E-state index < -0.39 is 0 Å². The Balaban J connectivity index is 1.80. The van der Waals surface area contributed by atoms with Crippen molar-refractivity contribution in [3.63, 3.8) is 0 Å². The Kier molecular flexibility index (Phi) is 6.44. The van der Waals surface area contributed by atoms with Gasteiger partial charge in [-0.15, -0.1) is 0 Å². The van der Waals surface area contributed by atoms with Crippen molar-refractivity contribution in [3.8, 4) is 5.75 Å². The lowest BCUT2D eigenvalue weighted by Crippen LogP contribution is -2.34. The number of nitrogens with one attached hydrogen (secondary N) is 2. The molecule has 0 spiro atoms. The summed E-state index contributed by atoms with van der Waals surface area (Å²) >= 11 is 0. The molecular formula is C23H23FN2O3. The number of benzene rings is 3. The summed E-state index contributed by atoms with van der Waals surface area (Å²) in [5.74, 6) is -0.589. The molecule has 2 N–H and O–H groups in total. The molecule has 0 saturated heterocycles. The Bertz CT molecular complexity index is 1020. The highest BCUT2D eigenvalue weighted by atomic mass is 19.1. The monoisotopic (exact) mass is 394 g/mol. The van der Waals surface area contributed by atoms with Crippen molar-refractivity contribution in [3.05, 3.63) is 77.6 Å². The molecule has 0 aliphatic carbocycles. The molecule has 0 radical (unpaired) electrons. The Morgan fingerprint density at radius 1 is 1.00 bits per heavy atom. The van der Waals surface area contributed by atoms with E-state index in [0.29, 0.717) is 11.3 Å². The maximum Gasteiger partial charge on any atom is 0.258 e. The number of halogens is 1. The van der Waals surface area contributed by atoms with Crippen molar-refractivity contribution >= 4 is 22.6 Å². The fourth-order valence-corrected chi connectivity index (χ4v) is 2.90. The second-order valence-corrected chi connectivity index (χ2v) is 7.02. The third-order valence-corrected chi connectivity index (χ3v) is 4.27. The molecule has 5 nitrogen and oxygen atoms in total. The van der Waals surface area contributed by atoms with E-state index >= 15 is 0 Å². The Labute approximate surface area is 168 Å². The molecule has 150 valence electrons. The Morgan fingerprint density at radius 3 is 2.31 bits per heavy atom. The molecule has 0 saturated carbocycles. The number of amides is 2. The summed E-state index contributed by atoms with van der Waals surface area (Å²) in [5.41, 5.74) is 1.11. The van der Waals surface area contributed by atoms with Gasteiger partial charge in [0.25, 0.3) is 11.8 Å². The summed E-state index contributed by atoms with van der Waals surface area (Å²) in [5, 5.41) is 7.36. The van der Waals surface area contributed by atoms with E-state index in [0.717, 1.165) is 16.3 Å². The predicted octanol–water partition coefficient (Wildman–Crippen LogP) is 3.81. The van der Waals surface area contributed by atoms with E-state index in [1.165, 1.54) is 12.1 Å². The standard InChI is InChI=1S/C23H23FN2O3/c1-15(2)26-22(27)14-29-21-12-18-6-4-3-5-17(18)11-20(21)23(28)25-13-16-7-9-19(24)10-8-16/h3-12,15H,13-14H2,1-2H3,(H,25,28)(H,26,27). The van der Waals surface area contributed by atoms with Gasteiger partial charge in [-0.3, -0.25) is 9.59 Å². The molecule has 0 aromatic heterocycles. The molecular weight excluding hydrogens is 371 g/mol. The molecule has 0 bridgehead atoms. The van der Waals surface area contributed by atoms with Crippen LogP contribution in [0.5, 0.6) is 5.75 Å². The molecule has 3 aromatic carbocycles. The molecule has 2 amide bonds. The van der Waals surface area contributed by atoms with E-state index in [1.807, 2.05) is 38.1 Å². The van der Waals surface area contributed by atoms with Crippen LogP contribution in [-0.2, 0) is 11.3 Å². The van der Waals surface area contributed by atoms with E-state index in [9.17, 15) is 14.0 Å². The summed E-state index contributed by atoms with van der Waals surface area (Å²) in [6.07, 6.45) is 0. The van der Waals surface area contributed by atoms with Crippen molar-refractivity contribution < 1.29 is 18.7 Å². The van der Waals surface area contributed by atoms with Crippen LogP contribution >= 0.6 is 0 Å². The molecule has 0 unspecified atom stereocenters. The van der Waals surface area contributed by atoms with Crippen molar-refractivity contribution in [1.82, 2.24) is 10.6 Å². The van der Waals surface area contributed by atoms with Gasteiger partial charge in [-0.25, -0.2) is 4.39 Å². The van der Waals surface area contributed by atoms with Crippen LogP contribution in [0.1, 0.15) is 29.8 Å². The maximum atomic E-state index is 13.0. The molecule has 3 aromatic rings. The van der Waals surface area contributed by atoms with Crippen molar-refractivity contribution in [2.75, 3.05) is 6.61 Å². The average molecular weight is 394 g/mol. The van der Waals surface area contributed by atoms with Gasteiger partial charge in [0.2, 0.25) is 0 Å². The van der Waals surface area contributed by atoms with Gasteiger partial charge in [-0.2, -0.15) is 0 Å². The second kappa shape index (κ2) is 9.19. The fraction of sp³-hybridized carbons (Fsp3) is 0.217. The van der Waals surface area contributed by atoms with Crippen LogP contribution in [0.25, 0.3) is 10.8 Å². The summed E-state index contributed by atoms with van der Waals surface area (Å²) in [6.45, 7) is 3.79. The molecule has 6 heteroatoms. The minimum atomic E-state index is -0.334. The lowest BCUT2D eigenvalue weighted by Gasteiger charge is -2.14. The first kappa shape index (κ1) is 20.3. The summed E-state index contributed by atoms with van der Waals surface area (Å²) in [7, 11) is 0.